The van der Waals surface area contributed by atoms with Crippen molar-refractivity contribution in [1.82, 2.24) is 14.9 Å². The molecule has 1 aromatic heterocycles. The van der Waals surface area contributed by atoms with Gasteiger partial charge in [-0.25, -0.2) is 9.97 Å². The van der Waals surface area contributed by atoms with Gasteiger partial charge in [0.1, 0.15) is 11.6 Å². The van der Waals surface area contributed by atoms with Gasteiger partial charge in [-0.05, 0) is 31.0 Å². The van der Waals surface area contributed by atoms with Crippen LogP contribution in [-0.4, -0.2) is 47.0 Å². The predicted octanol–water partition coefficient (Wildman–Crippen LogP) is 3.43. The average Bonchev–Trinajstić information content (AvgIpc) is 2.67. The molecule has 1 saturated heterocycles. The van der Waals surface area contributed by atoms with Crippen LogP contribution in [0.5, 0.6) is 0 Å². The summed E-state index contributed by atoms with van der Waals surface area (Å²) < 4.78 is 0. The van der Waals surface area contributed by atoms with E-state index in [1.165, 1.54) is 5.56 Å². The van der Waals surface area contributed by atoms with E-state index in [1.807, 2.05) is 42.2 Å². The zero-order valence-corrected chi connectivity index (χ0v) is 16.2. The van der Waals surface area contributed by atoms with Crippen molar-refractivity contribution in [3.8, 4) is 0 Å². The fraction of sp³-hybridized carbons (Fsp3) is 0.476. The number of piperazine rings is 1. The normalized spacial score (nSPS) is 14.8. The molecule has 1 fully saturated rings. The minimum absolute atomic E-state index is 0.119. The van der Waals surface area contributed by atoms with Gasteiger partial charge in [-0.3, -0.25) is 4.79 Å². The number of carbonyl (C=O) groups excluding carboxylic acids is 1. The lowest BCUT2D eigenvalue weighted by Crippen LogP contribution is -2.49. The van der Waals surface area contributed by atoms with Crippen molar-refractivity contribution >= 4 is 11.7 Å². The van der Waals surface area contributed by atoms with Crippen LogP contribution in [0.4, 0.5) is 5.82 Å². The molecule has 1 aromatic carbocycles. The Morgan fingerprint density at radius 2 is 1.73 bits per heavy atom. The average molecular weight is 352 g/mol. The number of benzene rings is 1. The van der Waals surface area contributed by atoms with Crippen LogP contribution in [-0.2, 0) is 6.42 Å². The van der Waals surface area contributed by atoms with E-state index in [-0.39, 0.29) is 5.91 Å². The molecule has 0 radical (unpaired) electrons. The molecule has 138 valence electrons. The van der Waals surface area contributed by atoms with Gasteiger partial charge in [0.25, 0.3) is 5.91 Å². The summed E-state index contributed by atoms with van der Waals surface area (Å²) in [6.07, 6.45) is 0.990. The van der Waals surface area contributed by atoms with Crippen molar-refractivity contribution in [2.45, 2.75) is 40.0 Å². The number of hydrogen-bond donors (Lipinski definition) is 0. The molecule has 0 unspecified atom stereocenters. The third-order valence-electron chi connectivity index (χ3n) is 4.87. The Labute approximate surface area is 156 Å². The number of rotatable bonds is 4. The second kappa shape index (κ2) is 7.85. The van der Waals surface area contributed by atoms with E-state index < -0.39 is 0 Å². The lowest BCUT2D eigenvalue weighted by atomic mass is 10.1. The van der Waals surface area contributed by atoms with E-state index in [9.17, 15) is 4.79 Å². The third kappa shape index (κ3) is 4.03. The van der Waals surface area contributed by atoms with Crippen molar-refractivity contribution in [3.63, 3.8) is 0 Å². The van der Waals surface area contributed by atoms with Crippen molar-refractivity contribution < 1.29 is 4.79 Å². The Hall–Kier alpha value is -2.43. The summed E-state index contributed by atoms with van der Waals surface area (Å²) in [5.74, 6) is 2.28. The minimum Gasteiger partial charge on any atom is -0.353 e. The Bertz CT molecular complexity index is 762. The highest BCUT2D eigenvalue weighted by Gasteiger charge is 2.23. The summed E-state index contributed by atoms with van der Waals surface area (Å²) in [5, 5.41) is 0. The van der Waals surface area contributed by atoms with E-state index in [2.05, 4.69) is 30.7 Å². The molecule has 0 atom stereocenters. The summed E-state index contributed by atoms with van der Waals surface area (Å²) in [4.78, 5) is 26.2. The Balaban J connectivity index is 1.66. The fourth-order valence-corrected chi connectivity index (χ4v) is 3.20. The highest BCUT2D eigenvalue weighted by atomic mass is 16.2. The number of nitrogens with zero attached hydrogens (tertiary/aromatic N) is 4. The largest absolute Gasteiger partial charge is 0.353 e. The molecule has 2 aromatic rings. The quantitative estimate of drug-likeness (QED) is 0.846. The molecule has 0 N–H and O–H groups in total. The second-order valence-electron chi connectivity index (χ2n) is 7.21. The molecular formula is C21H28N4O. The van der Waals surface area contributed by atoms with Crippen LogP contribution < -0.4 is 4.90 Å². The van der Waals surface area contributed by atoms with Crippen molar-refractivity contribution in [2.24, 2.45) is 0 Å². The molecule has 26 heavy (non-hydrogen) atoms. The first kappa shape index (κ1) is 18.4. The van der Waals surface area contributed by atoms with Crippen LogP contribution in [0.1, 0.15) is 54.1 Å². The van der Waals surface area contributed by atoms with E-state index in [0.29, 0.717) is 19.0 Å². The molecule has 0 bridgehead atoms. The van der Waals surface area contributed by atoms with Crippen LogP contribution in [0.25, 0.3) is 0 Å². The molecule has 3 rings (SSSR count). The van der Waals surface area contributed by atoms with Gasteiger partial charge in [0.15, 0.2) is 0 Å². The SMILES string of the molecule is CCc1ccc(C(=O)N2CCN(c3cc(C)nc(C(C)C)n3)CC2)cc1. The van der Waals surface area contributed by atoms with Crippen molar-refractivity contribution in [2.75, 3.05) is 31.1 Å². The molecule has 2 heterocycles. The summed E-state index contributed by atoms with van der Waals surface area (Å²) in [7, 11) is 0. The first-order valence-electron chi connectivity index (χ1n) is 9.46. The summed E-state index contributed by atoms with van der Waals surface area (Å²) >= 11 is 0. The molecule has 1 amide bonds. The molecule has 5 nitrogen and oxygen atoms in total. The monoisotopic (exact) mass is 352 g/mol. The fourth-order valence-electron chi connectivity index (χ4n) is 3.20. The maximum Gasteiger partial charge on any atom is 0.253 e. The molecular weight excluding hydrogens is 324 g/mol. The first-order valence-corrected chi connectivity index (χ1v) is 9.46. The smallest absolute Gasteiger partial charge is 0.253 e. The number of hydrogen-bond acceptors (Lipinski definition) is 4. The molecule has 0 aliphatic carbocycles. The predicted molar refractivity (Wildman–Crippen MR) is 105 cm³/mol. The van der Waals surface area contributed by atoms with Gasteiger partial charge < -0.3 is 9.80 Å². The van der Waals surface area contributed by atoms with Crippen LogP contribution in [0, 0.1) is 6.92 Å². The third-order valence-corrected chi connectivity index (χ3v) is 4.87. The Morgan fingerprint density at radius 3 is 2.31 bits per heavy atom. The van der Waals surface area contributed by atoms with Gasteiger partial charge in [-0.15, -0.1) is 0 Å². The molecule has 0 saturated carbocycles. The van der Waals surface area contributed by atoms with Gasteiger partial charge in [-0.1, -0.05) is 32.9 Å². The topological polar surface area (TPSA) is 49.3 Å². The highest BCUT2D eigenvalue weighted by molar-refractivity contribution is 5.94. The van der Waals surface area contributed by atoms with Crippen molar-refractivity contribution in [1.29, 1.82) is 0 Å². The Morgan fingerprint density at radius 1 is 1.08 bits per heavy atom. The van der Waals surface area contributed by atoms with E-state index in [1.54, 1.807) is 0 Å². The highest BCUT2D eigenvalue weighted by Crippen LogP contribution is 2.19. The summed E-state index contributed by atoms with van der Waals surface area (Å²) in [5.41, 5.74) is 3.02. The zero-order valence-electron chi connectivity index (χ0n) is 16.2. The second-order valence-corrected chi connectivity index (χ2v) is 7.21. The van der Waals surface area contributed by atoms with Gasteiger partial charge in [0.05, 0.1) is 0 Å². The Kier molecular flexibility index (Phi) is 5.55. The number of anilines is 1. The molecule has 5 heteroatoms. The molecule has 1 aliphatic rings. The zero-order chi connectivity index (χ0) is 18.7. The van der Waals surface area contributed by atoms with Gasteiger partial charge in [-0.2, -0.15) is 0 Å². The maximum atomic E-state index is 12.7. The number of aryl methyl sites for hydroxylation is 2. The van der Waals surface area contributed by atoms with Crippen molar-refractivity contribution in [3.05, 3.63) is 53.0 Å². The number of aromatic nitrogens is 2. The number of carbonyl (C=O) groups is 1. The lowest BCUT2D eigenvalue weighted by molar-refractivity contribution is 0.0746. The van der Waals surface area contributed by atoms with E-state index >= 15 is 0 Å². The maximum absolute atomic E-state index is 12.7. The van der Waals surface area contributed by atoms with Gasteiger partial charge >= 0.3 is 0 Å². The molecule has 0 spiro atoms. The minimum atomic E-state index is 0.119. The lowest BCUT2D eigenvalue weighted by Gasteiger charge is -2.35. The standard InChI is InChI=1S/C21H28N4O/c1-5-17-6-8-18(9-7-17)21(26)25-12-10-24(11-13-25)19-14-16(4)22-20(23-19)15(2)3/h6-9,14-15H,5,10-13H2,1-4H3. The van der Waals surface area contributed by atoms with Crippen LogP contribution in [0.15, 0.2) is 30.3 Å². The van der Waals surface area contributed by atoms with Gasteiger partial charge in [0, 0.05) is 49.4 Å². The summed E-state index contributed by atoms with van der Waals surface area (Å²) in [6, 6.07) is 10.0. The summed E-state index contributed by atoms with van der Waals surface area (Å²) in [6.45, 7) is 11.4. The van der Waals surface area contributed by atoms with Crippen LogP contribution in [0.2, 0.25) is 0 Å². The van der Waals surface area contributed by atoms with Gasteiger partial charge in [0.2, 0.25) is 0 Å². The van der Waals surface area contributed by atoms with E-state index in [4.69, 9.17) is 4.98 Å². The van der Waals surface area contributed by atoms with Crippen LogP contribution >= 0.6 is 0 Å². The molecule has 1 aliphatic heterocycles. The number of amides is 1. The van der Waals surface area contributed by atoms with Crippen LogP contribution in [0.3, 0.4) is 0 Å². The first-order chi connectivity index (χ1) is 12.5. The van der Waals surface area contributed by atoms with E-state index in [0.717, 1.165) is 42.4 Å².